The van der Waals surface area contributed by atoms with E-state index in [1.165, 1.54) is 0 Å². The predicted molar refractivity (Wildman–Crippen MR) is 115 cm³/mol. The minimum Gasteiger partial charge on any atom is -0.493 e. The van der Waals surface area contributed by atoms with Gasteiger partial charge in [0.15, 0.2) is 23.0 Å². The summed E-state index contributed by atoms with van der Waals surface area (Å²) < 4.78 is 21.7. The van der Waals surface area contributed by atoms with Crippen LogP contribution in [0, 0.1) is 0 Å². The zero-order valence-corrected chi connectivity index (χ0v) is 17.8. The van der Waals surface area contributed by atoms with Gasteiger partial charge >= 0.3 is 0 Å². The largest absolute Gasteiger partial charge is 0.493 e. The Morgan fingerprint density at radius 2 is 1.53 bits per heavy atom. The smallest absolute Gasteiger partial charge is 0.220 e. The third kappa shape index (κ3) is 4.10. The second-order valence-corrected chi connectivity index (χ2v) is 6.59. The maximum atomic E-state index is 12.4. The molecule has 1 aromatic heterocycles. The van der Waals surface area contributed by atoms with Crippen molar-refractivity contribution in [3.63, 3.8) is 0 Å². The minimum atomic E-state index is -0.487. The number of hydrogen-bond acceptors (Lipinski definition) is 6. The molecule has 158 valence electrons. The Labute approximate surface area is 175 Å². The van der Waals surface area contributed by atoms with E-state index in [0.717, 1.165) is 16.3 Å². The zero-order valence-electron chi connectivity index (χ0n) is 17.8. The zero-order chi connectivity index (χ0) is 21.7. The van der Waals surface area contributed by atoms with Gasteiger partial charge in [-0.25, -0.2) is 0 Å². The molecule has 1 N–H and O–H groups in total. The van der Waals surface area contributed by atoms with E-state index in [4.69, 9.17) is 18.9 Å². The van der Waals surface area contributed by atoms with Crippen molar-refractivity contribution in [2.45, 2.75) is 19.4 Å². The van der Waals surface area contributed by atoms with E-state index in [1.54, 1.807) is 34.6 Å². The number of hydrogen-bond donors (Lipinski definition) is 1. The normalized spacial score (nSPS) is 11.6. The van der Waals surface area contributed by atoms with Gasteiger partial charge in [0, 0.05) is 18.0 Å². The molecule has 1 amide bonds. The number of ether oxygens (including phenoxy) is 4. The molecule has 7 nitrogen and oxygen atoms in total. The van der Waals surface area contributed by atoms with Gasteiger partial charge in [0.05, 0.1) is 40.2 Å². The molecule has 0 saturated carbocycles. The Morgan fingerprint density at radius 3 is 2.17 bits per heavy atom. The molecule has 3 aromatic rings. The van der Waals surface area contributed by atoms with E-state index < -0.39 is 6.04 Å². The van der Waals surface area contributed by atoms with E-state index in [9.17, 15) is 4.79 Å². The molecule has 7 heteroatoms. The number of carbonyl (C=O) groups excluding carboxylic acids is 1. The highest BCUT2D eigenvalue weighted by Crippen LogP contribution is 2.37. The summed E-state index contributed by atoms with van der Waals surface area (Å²) in [6.07, 6.45) is 2.07. The summed E-state index contributed by atoms with van der Waals surface area (Å²) in [7, 11) is 6.35. The summed E-state index contributed by atoms with van der Waals surface area (Å²) in [5, 5.41) is 4.85. The van der Waals surface area contributed by atoms with E-state index in [2.05, 4.69) is 10.3 Å². The van der Waals surface area contributed by atoms with E-state index in [-0.39, 0.29) is 5.91 Å². The van der Waals surface area contributed by atoms with Crippen LogP contribution < -0.4 is 24.3 Å². The third-order valence-electron chi connectivity index (χ3n) is 4.94. The fourth-order valence-corrected chi connectivity index (χ4v) is 3.36. The van der Waals surface area contributed by atoms with Crippen molar-refractivity contribution in [2.75, 3.05) is 28.4 Å². The van der Waals surface area contributed by atoms with Crippen LogP contribution in [0.15, 0.2) is 42.6 Å². The van der Waals surface area contributed by atoms with Gasteiger partial charge in [0.25, 0.3) is 0 Å². The molecule has 0 radical (unpaired) electrons. The molecule has 0 bridgehead atoms. The summed E-state index contributed by atoms with van der Waals surface area (Å²) >= 11 is 0. The summed E-state index contributed by atoms with van der Waals surface area (Å²) in [6, 6.07) is 10.7. The van der Waals surface area contributed by atoms with Crippen LogP contribution in [-0.4, -0.2) is 39.3 Å². The first-order valence-corrected chi connectivity index (χ1v) is 9.58. The lowest BCUT2D eigenvalue weighted by Crippen LogP contribution is -2.29. The van der Waals surface area contributed by atoms with Gasteiger partial charge in [0.2, 0.25) is 5.91 Å². The van der Waals surface area contributed by atoms with Gasteiger partial charge in [-0.15, -0.1) is 0 Å². The molecule has 0 aliphatic carbocycles. The van der Waals surface area contributed by atoms with Gasteiger partial charge in [-0.2, -0.15) is 0 Å². The lowest BCUT2D eigenvalue weighted by atomic mass is 9.97. The molecule has 30 heavy (non-hydrogen) atoms. The number of nitrogens with zero attached hydrogens (tertiary/aromatic N) is 1. The number of rotatable bonds is 8. The molecular weight excluding hydrogens is 384 g/mol. The molecule has 0 aliphatic heterocycles. The van der Waals surface area contributed by atoms with Crippen LogP contribution in [0.5, 0.6) is 23.0 Å². The van der Waals surface area contributed by atoms with Gasteiger partial charge in [0.1, 0.15) is 0 Å². The topological polar surface area (TPSA) is 78.9 Å². The predicted octanol–water partition coefficient (Wildman–Crippen LogP) is 3.88. The van der Waals surface area contributed by atoms with Crippen LogP contribution in [0.2, 0.25) is 0 Å². The third-order valence-corrected chi connectivity index (χ3v) is 4.94. The van der Waals surface area contributed by atoms with Crippen molar-refractivity contribution >= 4 is 16.7 Å². The molecule has 0 spiro atoms. The Balaban J connectivity index is 2.22. The number of nitrogens with one attached hydrogen (secondary N) is 1. The average Bonchev–Trinajstić information content (AvgIpc) is 2.80. The van der Waals surface area contributed by atoms with Crippen LogP contribution in [-0.2, 0) is 4.79 Å². The highest BCUT2D eigenvalue weighted by molar-refractivity contribution is 5.89. The molecular formula is C23H26N2O5. The molecule has 1 heterocycles. The Kier molecular flexibility index (Phi) is 6.61. The summed E-state index contributed by atoms with van der Waals surface area (Å²) in [4.78, 5) is 17.0. The highest BCUT2D eigenvalue weighted by atomic mass is 16.5. The summed E-state index contributed by atoms with van der Waals surface area (Å²) in [5.41, 5.74) is 1.52. The molecule has 3 rings (SSSR count). The van der Waals surface area contributed by atoms with Crippen molar-refractivity contribution in [1.82, 2.24) is 10.3 Å². The fraction of sp³-hybridized carbons (Fsp3) is 0.304. The maximum Gasteiger partial charge on any atom is 0.220 e. The molecule has 0 unspecified atom stereocenters. The van der Waals surface area contributed by atoms with Crippen LogP contribution in [0.4, 0.5) is 0 Å². The quantitative estimate of drug-likeness (QED) is 0.607. The second-order valence-electron chi connectivity index (χ2n) is 6.59. The molecule has 0 saturated heterocycles. The Morgan fingerprint density at radius 1 is 0.900 bits per heavy atom. The number of aromatic nitrogens is 1. The van der Waals surface area contributed by atoms with Gasteiger partial charge in [-0.05, 0) is 41.3 Å². The summed E-state index contributed by atoms with van der Waals surface area (Å²) in [5.74, 6) is 2.31. The first-order valence-electron chi connectivity index (χ1n) is 9.58. The first kappa shape index (κ1) is 21.2. The van der Waals surface area contributed by atoms with E-state index in [1.807, 2.05) is 43.3 Å². The first-order chi connectivity index (χ1) is 14.6. The van der Waals surface area contributed by atoms with Crippen LogP contribution in [0.1, 0.15) is 30.6 Å². The van der Waals surface area contributed by atoms with Crippen LogP contribution >= 0.6 is 0 Å². The van der Waals surface area contributed by atoms with E-state index in [0.29, 0.717) is 35.1 Å². The van der Waals surface area contributed by atoms with Crippen molar-refractivity contribution < 1.29 is 23.7 Å². The lowest BCUT2D eigenvalue weighted by Gasteiger charge is -2.22. The van der Waals surface area contributed by atoms with Crippen molar-refractivity contribution in [3.8, 4) is 23.0 Å². The average molecular weight is 410 g/mol. The number of carbonyl (C=O) groups is 1. The maximum absolute atomic E-state index is 12.4. The number of fused-ring (bicyclic) bond motifs is 1. The molecule has 0 aliphatic rings. The molecule has 2 aromatic carbocycles. The van der Waals surface area contributed by atoms with Crippen LogP contribution in [0.3, 0.4) is 0 Å². The Bertz CT molecular complexity index is 1050. The number of pyridine rings is 1. The standard InChI is InChI=1S/C23H26N2O5/c1-6-21(26)25-22(15-7-8-17(27-2)18(12-15)28-3)23-16-13-20(30-5)19(29-4)11-14(16)9-10-24-23/h7-13,22H,6H2,1-5H3,(H,25,26)/t22-/m0/s1. The lowest BCUT2D eigenvalue weighted by molar-refractivity contribution is -0.121. The monoisotopic (exact) mass is 410 g/mol. The van der Waals surface area contributed by atoms with Crippen molar-refractivity contribution in [1.29, 1.82) is 0 Å². The van der Waals surface area contributed by atoms with Crippen molar-refractivity contribution in [3.05, 3.63) is 53.9 Å². The fourth-order valence-electron chi connectivity index (χ4n) is 3.36. The summed E-state index contributed by atoms with van der Waals surface area (Å²) in [6.45, 7) is 1.81. The van der Waals surface area contributed by atoms with E-state index >= 15 is 0 Å². The molecule has 0 fully saturated rings. The number of amides is 1. The number of methoxy groups -OCH3 is 4. The highest BCUT2D eigenvalue weighted by Gasteiger charge is 2.23. The van der Waals surface area contributed by atoms with Gasteiger partial charge in [-0.3, -0.25) is 9.78 Å². The van der Waals surface area contributed by atoms with Crippen LogP contribution in [0.25, 0.3) is 10.8 Å². The SMILES string of the molecule is CCC(=O)N[C@@H](c1ccc(OC)c(OC)c1)c1nccc2cc(OC)c(OC)cc12. The Hall–Kier alpha value is -3.48. The van der Waals surface area contributed by atoms with Gasteiger partial charge < -0.3 is 24.3 Å². The van der Waals surface area contributed by atoms with Crippen molar-refractivity contribution in [2.24, 2.45) is 0 Å². The molecule has 1 atom stereocenters. The number of benzene rings is 2. The second kappa shape index (κ2) is 9.35. The van der Waals surface area contributed by atoms with Gasteiger partial charge in [-0.1, -0.05) is 13.0 Å². The minimum absolute atomic E-state index is 0.0888.